The Balaban J connectivity index is 1.62. The van der Waals surface area contributed by atoms with Gasteiger partial charge < -0.3 is 0 Å². The minimum atomic E-state index is -5.15. The van der Waals surface area contributed by atoms with E-state index in [4.69, 9.17) is 4.28 Å². The van der Waals surface area contributed by atoms with E-state index in [1.165, 1.54) is 18.2 Å². The third-order valence-electron chi connectivity index (χ3n) is 6.07. The predicted octanol–water partition coefficient (Wildman–Crippen LogP) is 5.47. The monoisotopic (exact) mass is 477 g/mol. The van der Waals surface area contributed by atoms with Gasteiger partial charge in [-0.1, -0.05) is 80.1 Å². The first-order valence-corrected chi connectivity index (χ1v) is 12.2. The first-order valence-electron chi connectivity index (χ1n) is 10.8. The lowest BCUT2D eigenvalue weighted by molar-refractivity contribution is -0.0207. The van der Waals surface area contributed by atoms with Gasteiger partial charge in [0.05, 0.1) is 11.1 Å². The first-order chi connectivity index (χ1) is 16.3. The lowest BCUT2D eigenvalue weighted by Gasteiger charge is -2.30. The molecule has 0 aliphatic carbocycles. The molecule has 0 saturated heterocycles. The summed E-state index contributed by atoms with van der Waals surface area (Å²) >= 11 is 0. The minimum Gasteiger partial charge on any atom is -0.266 e. The quantitative estimate of drug-likeness (QED) is 0.344. The Morgan fingerprint density at radius 2 is 1.38 bits per heavy atom. The molecule has 0 N–H and O–H groups in total. The van der Waals surface area contributed by atoms with Gasteiger partial charge in [0.2, 0.25) is 0 Å². The molecule has 1 aliphatic heterocycles. The zero-order valence-corrected chi connectivity index (χ0v) is 19.0. The molecule has 0 fully saturated rings. The molecule has 0 radical (unpaired) electrons. The number of halogens is 1. The van der Waals surface area contributed by atoms with E-state index in [0.717, 1.165) is 0 Å². The Morgan fingerprint density at radius 1 is 0.824 bits per heavy atom. The Bertz CT molecular complexity index is 1530. The van der Waals surface area contributed by atoms with E-state index in [0.29, 0.717) is 21.5 Å². The number of nitrogens with zero attached hydrogens (tertiary/aromatic N) is 1. The van der Waals surface area contributed by atoms with Crippen LogP contribution in [-0.2, 0) is 19.4 Å². The molecule has 6 nitrogen and oxygen atoms in total. The summed E-state index contributed by atoms with van der Waals surface area (Å²) < 4.78 is 48.6. The molecule has 34 heavy (non-hydrogen) atoms. The molecular formula is C26H20FNO5S. The van der Waals surface area contributed by atoms with Gasteiger partial charge in [-0.2, -0.15) is 8.42 Å². The number of hydrogen-bond acceptors (Lipinski definition) is 5. The number of carbonyl (C=O) groups excluding carboxylic acids is 2. The molecule has 0 aromatic heterocycles. The predicted molar refractivity (Wildman–Crippen MR) is 126 cm³/mol. The molecule has 0 saturated carbocycles. The Hall–Kier alpha value is -3.62. The molecule has 1 aliphatic rings. The molecule has 0 spiro atoms. The second kappa shape index (κ2) is 8.00. The van der Waals surface area contributed by atoms with Crippen molar-refractivity contribution in [3.8, 4) is 0 Å². The molecule has 172 valence electrons. The van der Waals surface area contributed by atoms with Gasteiger partial charge in [0.15, 0.2) is 0 Å². The average Bonchev–Trinajstić information content (AvgIpc) is 2.84. The average molecular weight is 478 g/mol. The van der Waals surface area contributed by atoms with E-state index in [1.807, 2.05) is 0 Å². The largest absolute Gasteiger partial charge is 0.328 e. The number of benzene rings is 4. The van der Waals surface area contributed by atoms with Crippen LogP contribution in [0.25, 0.3) is 21.5 Å². The van der Waals surface area contributed by atoms with Crippen LogP contribution in [0, 0.1) is 0 Å². The van der Waals surface area contributed by atoms with Crippen LogP contribution in [-0.4, -0.2) is 25.3 Å². The van der Waals surface area contributed by atoms with Crippen LogP contribution in [0.2, 0.25) is 0 Å². The fourth-order valence-electron chi connectivity index (χ4n) is 4.50. The molecule has 4 aromatic carbocycles. The number of carbonyl (C=O) groups is 2. The molecule has 5 rings (SSSR count). The van der Waals surface area contributed by atoms with Crippen molar-refractivity contribution < 1.29 is 26.7 Å². The van der Waals surface area contributed by atoms with Gasteiger partial charge in [0.25, 0.3) is 16.8 Å². The highest BCUT2D eigenvalue weighted by atomic mass is 32.2. The van der Waals surface area contributed by atoms with E-state index in [1.54, 1.807) is 67.6 Å². The van der Waals surface area contributed by atoms with Crippen LogP contribution in [0.15, 0.2) is 78.9 Å². The number of hydroxylamine groups is 2. The van der Waals surface area contributed by atoms with Crippen molar-refractivity contribution >= 4 is 43.5 Å². The first kappa shape index (κ1) is 22.2. The minimum absolute atomic E-state index is 0.105. The van der Waals surface area contributed by atoms with Gasteiger partial charge in [-0.25, -0.2) is 4.39 Å². The number of amides is 2. The molecule has 0 bridgehead atoms. The number of rotatable bonds is 6. The number of fused-ring (bicyclic) bond motifs is 1. The van der Waals surface area contributed by atoms with Crippen molar-refractivity contribution in [3.63, 3.8) is 0 Å². The van der Waals surface area contributed by atoms with Gasteiger partial charge in [-0.15, -0.1) is 9.35 Å². The van der Waals surface area contributed by atoms with Gasteiger partial charge in [0, 0.05) is 17.4 Å². The lowest BCUT2D eigenvalue weighted by atomic mass is 9.95. The van der Waals surface area contributed by atoms with Gasteiger partial charge in [-0.3, -0.25) is 9.59 Å². The highest BCUT2D eigenvalue weighted by Crippen LogP contribution is 2.42. The summed E-state index contributed by atoms with van der Waals surface area (Å²) in [5.74, 6) is -1.93. The fraction of sp³-hybridized carbons (Fsp3) is 0.154. The van der Waals surface area contributed by atoms with Crippen molar-refractivity contribution in [2.24, 2.45) is 0 Å². The summed E-state index contributed by atoms with van der Waals surface area (Å²) in [4.78, 5) is 26.2. The summed E-state index contributed by atoms with van der Waals surface area (Å²) in [5.41, 5.74) is 0.105. The third kappa shape index (κ3) is 3.21. The van der Waals surface area contributed by atoms with Crippen LogP contribution in [0.4, 0.5) is 4.39 Å². The topological polar surface area (TPSA) is 80.8 Å². The van der Waals surface area contributed by atoms with Crippen LogP contribution >= 0.6 is 0 Å². The van der Waals surface area contributed by atoms with Gasteiger partial charge in [0.1, 0.15) is 0 Å². The van der Waals surface area contributed by atoms with Crippen molar-refractivity contribution in [2.45, 2.75) is 24.8 Å². The maximum atomic E-state index is 16.6. The SMILES string of the molecule is CCCC(F)(c1cccc2ccccc12)S(=O)(=O)ON1C(=O)c2cccc3cccc(c23)C1=O. The molecule has 1 unspecified atom stereocenters. The van der Waals surface area contributed by atoms with Crippen molar-refractivity contribution in [1.29, 1.82) is 0 Å². The summed E-state index contributed by atoms with van der Waals surface area (Å²) in [5, 5.41) is -0.723. The molecule has 4 aromatic rings. The van der Waals surface area contributed by atoms with Gasteiger partial charge >= 0.3 is 10.1 Å². The van der Waals surface area contributed by atoms with E-state index in [9.17, 15) is 18.0 Å². The fourth-order valence-corrected chi connectivity index (χ4v) is 5.85. The smallest absolute Gasteiger partial charge is 0.266 e. The number of imide groups is 1. The van der Waals surface area contributed by atoms with Crippen molar-refractivity contribution in [1.82, 2.24) is 5.06 Å². The lowest BCUT2D eigenvalue weighted by Crippen LogP contribution is -2.45. The van der Waals surface area contributed by atoms with E-state index < -0.39 is 33.4 Å². The van der Waals surface area contributed by atoms with Crippen LogP contribution < -0.4 is 0 Å². The zero-order chi connectivity index (χ0) is 24.1. The summed E-state index contributed by atoms with van der Waals surface area (Å²) in [6, 6.07) is 21.2. The Labute approximate surface area is 195 Å². The third-order valence-corrected chi connectivity index (χ3v) is 7.63. The second-order valence-corrected chi connectivity index (χ2v) is 9.85. The summed E-state index contributed by atoms with van der Waals surface area (Å²) in [6.07, 6.45) is -0.252. The zero-order valence-electron chi connectivity index (χ0n) is 18.2. The van der Waals surface area contributed by atoms with Crippen LogP contribution in [0.3, 0.4) is 0 Å². The van der Waals surface area contributed by atoms with Gasteiger partial charge in [-0.05, 0) is 28.3 Å². The maximum Gasteiger partial charge on any atom is 0.328 e. The van der Waals surface area contributed by atoms with Crippen LogP contribution in [0.1, 0.15) is 46.0 Å². The Morgan fingerprint density at radius 3 is 2.03 bits per heavy atom. The van der Waals surface area contributed by atoms with E-state index >= 15 is 4.39 Å². The van der Waals surface area contributed by atoms with Crippen molar-refractivity contribution in [3.05, 3.63) is 95.6 Å². The standard InChI is InChI=1S/C26H20FNO5S/c1-2-16-26(27,22-15-7-9-17-8-3-4-12-19(17)22)34(31,32)33-28-24(29)20-13-5-10-18-11-6-14-21(23(18)20)25(28)30/h3-15H,2,16H2,1H3. The molecule has 1 heterocycles. The van der Waals surface area contributed by atoms with Crippen LogP contribution in [0.5, 0.6) is 0 Å². The molecule has 2 amide bonds. The van der Waals surface area contributed by atoms with E-state index in [2.05, 4.69) is 0 Å². The molecule has 1 atom stereocenters. The highest BCUT2D eigenvalue weighted by molar-refractivity contribution is 7.87. The van der Waals surface area contributed by atoms with Crippen molar-refractivity contribution in [2.75, 3.05) is 0 Å². The summed E-state index contributed by atoms with van der Waals surface area (Å²) in [6.45, 7) is 1.64. The molecule has 8 heteroatoms. The second-order valence-electron chi connectivity index (χ2n) is 8.15. The normalized spacial score (nSPS) is 15.6. The number of hydrogen-bond donors (Lipinski definition) is 0. The summed E-state index contributed by atoms with van der Waals surface area (Å²) in [7, 11) is -5.15. The highest BCUT2D eigenvalue weighted by Gasteiger charge is 2.51. The maximum absolute atomic E-state index is 16.6. The van der Waals surface area contributed by atoms with E-state index in [-0.39, 0.29) is 28.2 Å². The number of alkyl halides is 1. The Kier molecular flexibility index (Phi) is 5.22. The molecular weight excluding hydrogens is 457 g/mol.